The van der Waals surface area contributed by atoms with Gasteiger partial charge in [0.05, 0.1) is 35.3 Å². The Balaban J connectivity index is 1.76. The van der Waals surface area contributed by atoms with Crippen LogP contribution in [-0.2, 0) is 7.05 Å². The molecule has 3 N–H and O–H groups in total. The van der Waals surface area contributed by atoms with Crippen molar-refractivity contribution >= 4 is 33.9 Å². The Hall–Kier alpha value is -3.78. The van der Waals surface area contributed by atoms with E-state index in [1.807, 2.05) is 0 Å². The molecule has 2 heterocycles. The number of rotatable bonds is 8. The summed E-state index contributed by atoms with van der Waals surface area (Å²) in [5, 5.41) is 3.16. The maximum Gasteiger partial charge on any atom is 0.227 e. The van der Waals surface area contributed by atoms with E-state index >= 15 is 0 Å². The summed E-state index contributed by atoms with van der Waals surface area (Å²) < 4.78 is 126. The molecule has 0 saturated carbocycles. The molecule has 2 aromatic carbocycles. The fourth-order valence-corrected chi connectivity index (χ4v) is 3.28. The Bertz CT molecular complexity index is 1840. The summed E-state index contributed by atoms with van der Waals surface area (Å²) in [5.74, 6) is -0.0309. The number of methoxy groups -OCH3 is 1. The highest BCUT2D eigenvalue weighted by Gasteiger charge is 2.15. The average Bonchev–Trinajstić information content (AvgIpc) is 3.29. The van der Waals surface area contributed by atoms with Crippen LogP contribution < -0.4 is 20.7 Å². The molecule has 0 atom stereocenters. The maximum atomic E-state index is 8.46. The van der Waals surface area contributed by atoms with Crippen LogP contribution >= 0.6 is 0 Å². The zero-order valence-corrected chi connectivity index (χ0v) is 17.8. The van der Waals surface area contributed by atoms with Crippen molar-refractivity contribution < 1.29 is 25.3 Å². The van der Waals surface area contributed by atoms with Gasteiger partial charge >= 0.3 is 0 Å². The van der Waals surface area contributed by atoms with E-state index in [9.17, 15) is 0 Å². The number of ether oxygens (including phenoxy) is 1. The number of fused-ring (bicyclic) bond motifs is 1. The molecule has 0 saturated heterocycles. The molecule has 8 nitrogen and oxygen atoms in total. The van der Waals surface area contributed by atoms with Crippen LogP contribution in [0.3, 0.4) is 0 Å². The lowest BCUT2D eigenvalue weighted by Gasteiger charge is -2.24. The number of benzene rings is 2. The van der Waals surface area contributed by atoms with Crippen LogP contribution in [0.25, 0.3) is 22.2 Å². The second-order valence-corrected chi connectivity index (χ2v) is 6.96. The lowest BCUT2D eigenvalue weighted by molar-refractivity contribution is 0.413. The van der Waals surface area contributed by atoms with Crippen molar-refractivity contribution in [1.82, 2.24) is 19.4 Å². The second kappa shape index (κ2) is 9.38. The quantitative estimate of drug-likeness (QED) is 0.385. The van der Waals surface area contributed by atoms with E-state index in [0.717, 1.165) is 6.07 Å². The average molecular weight is 461 g/mol. The standard InChI is InChI=1S/C25H31N7O/c1-30(2)12-13-31(3)23-15-24(33-5)21(14-19(23)26)29-25-27-11-10-20(28-25)18-16-32(4)22-9-7-6-8-17(18)22/h6-11,14-16H,12-13,26H2,1-5H3,(H,27,28,29)/i1D3,2D3,3D3,6D,7D,8D,9D,12D2. The van der Waals surface area contributed by atoms with Crippen molar-refractivity contribution in [1.29, 1.82) is 0 Å². The number of likely N-dealkylation sites (N-methyl/N-ethyl adjacent to an activating group) is 2. The van der Waals surface area contributed by atoms with Crippen LogP contribution in [0.1, 0.15) is 20.6 Å². The van der Waals surface area contributed by atoms with E-state index < -0.39 is 40.0 Å². The minimum atomic E-state index is -3.45. The summed E-state index contributed by atoms with van der Waals surface area (Å²) in [6.45, 7) is -14.5. The van der Waals surface area contributed by atoms with Gasteiger partial charge in [-0.15, -0.1) is 0 Å². The number of hydrogen-bond donors (Lipinski definition) is 2. The molecule has 4 aromatic rings. The maximum absolute atomic E-state index is 8.46. The first kappa shape index (κ1) is 10.4. The minimum absolute atomic E-state index is 0.00852. The molecule has 0 amide bonds. The summed E-state index contributed by atoms with van der Waals surface area (Å²) in [4.78, 5) is 8.81. The van der Waals surface area contributed by atoms with E-state index in [2.05, 4.69) is 15.3 Å². The Labute approximate surface area is 215 Å². The van der Waals surface area contributed by atoms with Gasteiger partial charge in [0.2, 0.25) is 5.95 Å². The topological polar surface area (TPSA) is 84.5 Å². The fraction of sp³-hybridized carbons (Fsp3) is 0.280. The molecular formula is C25H31N7O. The van der Waals surface area contributed by atoms with Gasteiger partial charge in [-0.3, -0.25) is 0 Å². The Morgan fingerprint density at radius 3 is 2.91 bits per heavy atom. The van der Waals surface area contributed by atoms with Gasteiger partial charge in [-0.2, -0.15) is 0 Å². The highest BCUT2D eigenvalue weighted by atomic mass is 16.5. The molecule has 0 aliphatic carbocycles. The molecule has 0 bridgehead atoms. The van der Waals surface area contributed by atoms with Gasteiger partial charge in [-0.25, -0.2) is 9.97 Å². The zero-order chi connectivity index (χ0) is 36.3. The summed E-state index contributed by atoms with van der Waals surface area (Å²) in [6.07, 6.45) is 3.01. The van der Waals surface area contributed by atoms with Crippen LogP contribution in [-0.4, -0.2) is 60.5 Å². The third-order valence-electron chi connectivity index (χ3n) is 4.82. The van der Waals surface area contributed by atoms with E-state index in [4.69, 9.17) is 31.0 Å². The molecule has 0 unspecified atom stereocenters. The molecule has 8 heteroatoms. The zero-order valence-electron chi connectivity index (χ0n) is 32.8. The van der Waals surface area contributed by atoms with Crippen LogP contribution in [0, 0.1) is 0 Å². The van der Waals surface area contributed by atoms with E-state index in [1.54, 1.807) is 23.9 Å². The van der Waals surface area contributed by atoms with Crippen molar-refractivity contribution in [2.45, 2.75) is 0 Å². The first-order valence-electron chi connectivity index (χ1n) is 17.1. The van der Waals surface area contributed by atoms with Crippen molar-refractivity contribution in [2.75, 3.05) is 57.0 Å². The van der Waals surface area contributed by atoms with Crippen LogP contribution in [0.5, 0.6) is 5.75 Å². The lowest BCUT2D eigenvalue weighted by Crippen LogP contribution is -2.29. The predicted octanol–water partition coefficient (Wildman–Crippen LogP) is 3.97. The number of aryl methyl sites for hydroxylation is 1. The number of anilines is 4. The third-order valence-corrected chi connectivity index (χ3v) is 4.82. The minimum Gasteiger partial charge on any atom is -0.494 e. The molecule has 0 spiro atoms. The van der Waals surface area contributed by atoms with Gasteiger partial charge in [-0.05, 0) is 32.1 Å². The number of nitrogen functional groups attached to an aromatic ring is 1. The highest BCUT2D eigenvalue weighted by molar-refractivity contribution is 5.95. The Morgan fingerprint density at radius 1 is 1.27 bits per heavy atom. The monoisotopic (exact) mass is 460 g/mol. The summed E-state index contributed by atoms with van der Waals surface area (Å²) in [5.41, 5.74) is 6.81. The van der Waals surface area contributed by atoms with Crippen molar-refractivity contribution in [2.24, 2.45) is 7.05 Å². The molecule has 0 fully saturated rings. The molecular weight excluding hydrogens is 414 g/mol. The Kier molecular flexibility index (Phi) is 2.97. The molecule has 4 rings (SSSR count). The molecule has 0 radical (unpaired) electrons. The number of nitrogens with one attached hydrogen (secondary N) is 1. The van der Waals surface area contributed by atoms with Gasteiger partial charge in [0, 0.05) is 77.1 Å². The molecule has 0 aliphatic heterocycles. The van der Waals surface area contributed by atoms with Crippen molar-refractivity contribution in [3.05, 3.63) is 54.8 Å². The molecule has 0 aliphatic rings. The van der Waals surface area contributed by atoms with Crippen LogP contribution in [0.2, 0.25) is 0 Å². The second-order valence-electron chi connectivity index (χ2n) is 6.96. The first-order chi connectivity index (χ1) is 21.9. The van der Waals surface area contributed by atoms with Crippen molar-refractivity contribution in [3.8, 4) is 17.0 Å². The van der Waals surface area contributed by atoms with Crippen LogP contribution in [0.4, 0.5) is 23.0 Å². The van der Waals surface area contributed by atoms with E-state index in [1.165, 1.54) is 19.4 Å². The number of nitrogens with two attached hydrogens (primary N) is 1. The van der Waals surface area contributed by atoms with Crippen LogP contribution in [0.15, 0.2) is 54.8 Å². The van der Waals surface area contributed by atoms with Gasteiger partial charge < -0.3 is 30.2 Å². The first-order valence-corrected chi connectivity index (χ1v) is 9.61. The smallest absolute Gasteiger partial charge is 0.227 e. The molecule has 172 valence electrons. The SMILES string of the molecule is [2H]c1c([2H])c([2H])c2c(c(-c3ccnc(Nc4cc(N)c(N(CC([2H])([2H])N(C([2H])([2H])[2H])C([2H])([2H])[2H])C([2H])([2H])[2H])cc4OC)n3)cn2C)c1[2H]. The predicted molar refractivity (Wildman–Crippen MR) is 136 cm³/mol. The third kappa shape index (κ3) is 4.70. The lowest BCUT2D eigenvalue weighted by atomic mass is 10.1. The van der Waals surface area contributed by atoms with Gasteiger partial charge in [0.15, 0.2) is 0 Å². The van der Waals surface area contributed by atoms with Gasteiger partial charge in [0.1, 0.15) is 5.75 Å². The Morgan fingerprint density at radius 2 is 2.12 bits per heavy atom. The highest BCUT2D eigenvalue weighted by Crippen LogP contribution is 2.36. The van der Waals surface area contributed by atoms with E-state index in [-0.39, 0.29) is 62.7 Å². The number of nitrogens with zero attached hydrogens (tertiary/aromatic N) is 5. The largest absolute Gasteiger partial charge is 0.494 e. The normalized spacial score (nSPS) is 19.4. The summed E-state index contributed by atoms with van der Waals surface area (Å²) in [7, 11) is 2.89. The number of hydrogen-bond acceptors (Lipinski definition) is 7. The van der Waals surface area contributed by atoms with Gasteiger partial charge in [0.25, 0.3) is 0 Å². The summed E-state index contributed by atoms with van der Waals surface area (Å²) in [6, 6.07) is 2.70. The van der Waals surface area contributed by atoms with Gasteiger partial charge in [-0.1, -0.05) is 18.1 Å². The fourth-order valence-electron chi connectivity index (χ4n) is 3.28. The molecule has 33 heavy (non-hydrogen) atoms. The summed E-state index contributed by atoms with van der Waals surface area (Å²) >= 11 is 0. The van der Waals surface area contributed by atoms with E-state index in [0.29, 0.717) is 16.2 Å². The number of aromatic nitrogens is 3. The molecule has 2 aromatic heterocycles. The number of para-hydroxylation sites is 1. The van der Waals surface area contributed by atoms with Crippen molar-refractivity contribution in [3.63, 3.8) is 0 Å².